The molecule has 6 fully saturated rings. The number of piperidine rings is 2. The molecule has 0 spiro atoms. The number of urea groups is 2. The molecule has 4 aliphatic carbocycles. The van der Waals surface area contributed by atoms with Crippen LogP contribution in [0.4, 0.5) is 9.59 Å². The van der Waals surface area contributed by atoms with E-state index in [0.717, 1.165) is 49.7 Å². The van der Waals surface area contributed by atoms with Crippen molar-refractivity contribution in [3.63, 3.8) is 0 Å². The maximum Gasteiger partial charge on any atom is 0.315 e. The highest BCUT2D eigenvalue weighted by Crippen LogP contribution is 2.66. The van der Waals surface area contributed by atoms with Gasteiger partial charge < -0.3 is 57.4 Å². The molecule has 96 heavy (non-hydrogen) atoms. The molecule has 24 nitrogen and oxygen atoms in total. The minimum absolute atomic E-state index is 0.0201. The summed E-state index contributed by atoms with van der Waals surface area (Å²) in [7, 11) is -7.77. The van der Waals surface area contributed by atoms with Crippen LogP contribution < -0.4 is 42.5 Å². The topological polar surface area (TPSA) is 345 Å². The number of nitrogens with one attached hydrogen (secondary N) is 8. The molecule has 10 amide bonds. The molecule has 2 saturated heterocycles. The van der Waals surface area contributed by atoms with Gasteiger partial charge in [-0.2, -0.15) is 0 Å². The third-order valence-electron chi connectivity index (χ3n) is 20.3. The van der Waals surface area contributed by atoms with Crippen molar-refractivity contribution in [2.75, 3.05) is 24.8 Å². The first-order valence-electron chi connectivity index (χ1n) is 33.8. The Bertz CT molecular complexity index is 3490. The van der Waals surface area contributed by atoms with Crippen molar-refractivity contribution in [1.82, 2.24) is 52.3 Å². The lowest BCUT2D eigenvalue weighted by Crippen LogP contribution is -2.62. The van der Waals surface area contributed by atoms with Gasteiger partial charge in [0, 0.05) is 24.2 Å². The number of aryl methyl sites for hydroxylation is 2. The molecule has 2 aromatic rings. The van der Waals surface area contributed by atoms with Crippen LogP contribution in [0, 0.1) is 71.0 Å². The van der Waals surface area contributed by atoms with Crippen molar-refractivity contribution in [2.45, 2.75) is 239 Å². The fourth-order valence-corrected chi connectivity index (χ4v) is 16.0. The number of ketones is 1. The quantitative estimate of drug-likeness (QED) is 0.0615. The van der Waals surface area contributed by atoms with Crippen LogP contribution >= 0.6 is 0 Å². The minimum Gasteiger partial charge on any atom is -0.381 e. The summed E-state index contributed by atoms with van der Waals surface area (Å²) in [6, 6.07) is 5.64. The molecule has 2 heterocycles. The molecule has 7 unspecified atom stereocenters. The van der Waals surface area contributed by atoms with Gasteiger partial charge in [0.15, 0.2) is 25.8 Å². The molecular weight excluding hydrogens is 1270 g/mol. The first-order chi connectivity index (χ1) is 44.0. The normalized spacial score (nSPS) is 23.6. The summed E-state index contributed by atoms with van der Waals surface area (Å²) in [5.41, 5.74) is -1.06. The van der Waals surface area contributed by atoms with E-state index in [1.54, 1.807) is 29.2 Å². The largest absolute Gasteiger partial charge is 0.381 e. The van der Waals surface area contributed by atoms with Gasteiger partial charge in [0.2, 0.25) is 29.4 Å². The maximum atomic E-state index is 14.2. The number of fused-ring (bicyclic) bond motifs is 2. The molecular formula is C70H108N10O14S2. The Morgan fingerprint density at radius 1 is 0.531 bits per heavy atom. The Kier molecular flexibility index (Phi) is 22.9. The van der Waals surface area contributed by atoms with E-state index >= 15 is 0 Å². The summed E-state index contributed by atoms with van der Waals surface area (Å²) in [6.45, 7) is 34.6. The zero-order chi connectivity index (χ0) is 72.0. The number of benzene rings is 2. The molecule has 8 rings (SSSR count). The molecule has 0 radical (unpaired) electrons. The summed E-state index contributed by atoms with van der Waals surface area (Å²) >= 11 is 0. The molecule has 0 aromatic heterocycles. The predicted octanol–water partition coefficient (Wildman–Crippen LogP) is 5.96. The second-order valence-electron chi connectivity index (χ2n) is 33.3. The van der Waals surface area contributed by atoms with Crippen LogP contribution in [0.1, 0.15) is 173 Å². The lowest BCUT2D eigenvalue weighted by Gasteiger charge is -2.39. The number of aliphatic hydroxyl groups is 1. The van der Waals surface area contributed by atoms with Gasteiger partial charge in [0.05, 0.1) is 21.9 Å². The van der Waals surface area contributed by atoms with Gasteiger partial charge in [0.25, 0.3) is 11.8 Å². The van der Waals surface area contributed by atoms with E-state index in [1.807, 2.05) is 111 Å². The molecule has 2 aliphatic heterocycles. The second-order valence-corrected chi connectivity index (χ2v) is 37.3. The number of Topliss-reactive ketones (excluding diaryl/α,β-unsaturated/α-hetero) is 1. The van der Waals surface area contributed by atoms with Gasteiger partial charge >= 0.3 is 12.1 Å². The average Bonchev–Trinajstić information content (AvgIpc) is 1.53. The molecule has 0 bridgehead atoms. The van der Waals surface area contributed by atoms with Crippen LogP contribution in [-0.2, 0) is 53.2 Å². The van der Waals surface area contributed by atoms with Crippen molar-refractivity contribution in [1.29, 1.82) is 0 Å². The predicted molar refractivity (Wildman–Crippen MR) is 363 cm³/mol. The van der Waals surface area contributed by atoms with Crippen LogP contribution in [-0.4, -0.2) is 163 Å². The van der Waals surface area contributed by atoms with Gasteiger partial charge in [-0.25, -0.2) is 26.4 Å². The maximum absolute atomic E-state index is 14.2. The van der Waals surface area contributed by atoms with Crippen LogP contribution in [0.3, 0.4) is 0 Å². The van der Waals surface area contributed by atoms with Crippen LogP contribution in [0.15, 0.2) is 58.3 Å². The molecule has 534 valence electrons. The Morgan fingerprint density at radius 2 is 0.896 bits per heavy atom. The zero-order valence-electron chi connectivity index (χ0n) is 59.6. The van der Waals surface area contributed by atoms with Crippen molar-refractivity contribution in [3.05, 3.63) is 59.7 Å². The van der Waals surface area contributed by atoms with Gasteiger partial charge in [-0.05, 0) is 150 Å². The minimum atomic E-state index is -3.90. The van der Waals surface area contributed by atoms with Crippen molar-refractivity contribution in [3.8, 4) is 0 Å². The van der Waals surface area contributed by atoms with Gasteiger partial charge in [0.1, 0.15) is 35.9 Å². The van der Waals surface area contributed by atoms with E-state index in [-0.39, 0.29) is 68.5 Å². The van der Waals surface area contributed by atoms with Crippen LogP contribution in [0.2, 0.25) is 0 Å². The zero-order valence-corrected chi connectivity index (χ0v) is 61.2. The highest BCUT2D eigenvalue weighted by atomic mass is 32.2. The number of hydrogen-bond donors (Lipinski definition) is 9. The Morgan fingerprint density at radius 3 is 1.25 bits per heavy atom. The highest BCUT2D eigenvalue weighted by Gasteiger charge is 2.71. The number of sulfone groups is 2. The molecule has 2 aromatic carbocycles. The number of carbonyl (C=O) groups excluding carboxylic acids is 9. The van der Waals surface area contributed by atoms with E-state index in [2.05, 4.69) is 56.4 Å². The first kappa shape index (κ1) is 76.7. The SMILES string of the molecule is Cc1ccc(S(=O)(=O)CNC(=O)C(=O)C(CC2CCC2)NC(=O)[C@@H]2C3C(CN2C(=O)[C@@H](NC(=O)NC(C)(C)C)C(C)(C)C)C3(C)C)cc1.Cc1ccc(S(=O)(=O)CNC(=O)C(O)C(CC2CCC2)NC(=O)[C@@H]2C3C(CN2C(=O)[C@@H](NC(=O)NC(C)(C)C)C(C)(C)C)C3(C)C)cc1. The van der Waals surface area contributed by atoms with Crippen molar-refractivity contribution >= 4 is 73.0 Å². The van der Waals surface area contributed by atoms with E-state index in [9.17, 15) is 65.1 Å². The number of hydrogen-bond acceptors (Lipinski definition) is 14. The lowest BCUT2D eigenvalue weighted by atomic mass is 9.79. The third-order valence-corrected chi connectivity index (χ3v) is 23.4. The van der Waals surface area contributed by atoms with Crippen molar-refractivity contribution < 1.29 is 65.1 Å². The summed E-state index contributed by atoms with van der Waals surface area (Å²) in [6.07, 6.45) is 4.34. The fourth-order valence-electron chi connectivity index (χ4n) is 14.0. The van der Waals surface area contributed by atoms with E-state index in [4.69, 9.17) is 0 Å². The molecule has 11 atom stereocenters. The molecule has 6 aliphatic rings. The Labute approximate surface area is 568 Å². The monoisotopic (exact) mass is 1380 g/mol. The average molecular weight is 1380 g/mol. The summed E-state index contributed by atoms with van der Waals surface area (Å²) in [5.74, 6) is -6.03. The summed E-state index contributed by atoms with van der Waals surface area (Å²) in [5, 5.41) is 32.9. The van der Waals surface area contributed by atoms with Crippen LogP contribution in [0.5, 0.6) is 0 Å². The molecule has 9 N–H and O–H groups in total. The Hall–Kier alpha value is -6.67. The highest BCUT2D eigenvalue weighted by molar-refractivity contribution is 7.91. The van der Waals surface area contributed by atoms with Crippen molar-refractivity contribution in [2.24, 2.45) is 57.2 Å². The van der Waals surface area contributed by atoms with E-state index < -0.39 is 143 Å². The molecule has 4 saturated carbocycles. The Balaban J connectivity index is 0.000000271. The smallest absolute Gasteiger partial charge is 0.315 e. The number of likely N-dealkylation sites (tertiary alicyclic amines) is 2. The number of amides is 10. The number of rotatable bonds is 22. The van der Waals surface area contributed by atoms with E-state index in [1.165, 1.54) is 29.2 Å². The number of nitrogens with zero attached hydrogens (tertiary/aromatic N) is 2. The number of carbonyl (C=O) groups is 9. The summed E-state index contributed by atoms with van der Waals surface area (Å²) < 4.78 is 51.4. The van der Waals surface area contributed by atoms with E-state index in [0.29, 0.717) is 19.5 Å². The number of aliphatic hydroxyl groups excluding tert-OH is 1. The molecule has 26 heteroatoms. The third kappa shape index (κ3) is 18.5. The van der Waals surface area contributed by atoms with Crippen LogP contribution in [0.25, 0.3) is 0 Å². The lowest BCUT2D eigenvalue weighted by molar-refractivity contribution is -0.145. The van der Waals surface area contributed by atoms with Gasteiger partial charge in [-0.3, -0.25) is 33.6 Å². The summed E-state index contributed by atoms with van der Waals surface area (Å²) in [4.78, 5) is 125. The standard InChI is InChI=1S/C35H55N5O7S.C35H53N5O7S/c2*1-20-13-15-22(16-14-20)48(46,47)19-36-30(43)27(41)24(17-21-11-10-12-21)37-29(42)26-25-23(35(25,8)9)18-40(26)31(44)28(33(2,3)4)38-32(45)39-34(5,6)7/h13-16,21,23-28,41H,10-12,17-19H2,1-9H3,(H,36,43)(H,37,42)(H2,38,39,45);13-16,21,23-26,28H,10-12,17-19H2,1-9H3,(H,36,43)(H,37,42)(H2,38,39,45)/t23?,24?,25?,26-,27?,28+;23?,24?,25?,26-,28+/m00/s1. The second kappa shape index (κ2) is 28.7. The van der Waals surface area contributed by atoms with Gasteiger partial charge in [-0.15, -0.1) is 0 Å². The first-order valence-corrected chi connectivity index (χ1v) is 37.1. The van der Waals surface area contributed by atoms with Gasteiger partial charge in [-0.1, -0.05) is 143 Å². The fraction of sp³-hybridized carbons (Fsp3) is 0.700.